The summed E-state index contributed by atoms with van der Waals surface area (Å²) in [7, 11) is -4.13. The third kappa shape index (κ3) is 18.3. The lowest BCUT2D eigenvalue weighted by Crippen LogP contribution is -2.07. The van der Waals surface area contributed by atoms with Crippen LogP contribution >= 0.6 is 7.82 Å². The van der Waals surface area contributed by atoms with Gasteiger partial charge in [-0.2, -0.15) is 0 Å². The monoisotopic (exact) mass is 370 g/mol. The number of rotatable bonds is 19. The SMILES string of the molecule is CCCCCCCCCOOP(=O)(O)OCCCOCCOCC. The average Bonchev–Trinajstić information content (AvgIpc) is 2.55. The number of phosphoric acid groups is 1. The minimum Gasteiger partial charge on any atom is -0.379 e. The van der Waals surface area contributed by atoms with E-state index in [1.54, 1.807) is 0 Å². The normalized spacial score (nSPS) is 14.0. The van der Waals surface area contributed by atoms with Crippen LogP contribution in [0.2, 0.25) is 0 Å². The lowest BCUT2D eigenvalue weighted by atomic mass is 10.1. The number of phosphoric ester groups is 1. The van der Waals surface area contributed by atoms with Crippen molar-refractivity contribution in [3.05, 3.63) is 0 Å². The van der Waals surface area contributed by atoms with Gasteiger partial charge in [-0.25, -0.2) is 9.45 Å². The van der Waals surface area contributed by atoms with Crippen LogP contribution in [-0.4, -0.2) is 44.5 Å². The van der Waals surface area contributed by atoms with Gasteiger partial charge in [0, 0.05) is 13.2 Å². The fourth-order valence-electron chi connectivity index (χ4n) is 1.95. The fourth-order valence-corrected chi connectivity index (χ4v) is 2.56. The van der Waals surface area contributed by atoms with Crippen molar-refractivity contribution in [3.63, 3.8) is 0 Å². The number of ether oxygens (including phenoxy) is 2. The summed E-state index contributed by atoms with van der Waals surface area (Å²) in [5.74, 6) is 0. The Morgan fingerprint density at radius 1 is 0.750 bits per heavy atom. The van der Waals surface area contributed by atoms with E-state index in [4.69, 9.17) is 18.9 Å². The molecule has 0 bridgehead atoms. The van der Waals surface area contributed by atoms with Gasteiger partial charge in [0.1, 0.15) is 0 Å². The molecule has 0 amide bonds. The van der Waals surface area contributed by atoms with Gasteiger partial charge in [-0.15, -0.1) is 4.67 Å². The maximum atomic E-state index is 11.5. The average molecular weight is 370 g/mol. The Kier molecular flexibility index (Phi) is 17.8. The van der Waals surface area contributed by atoms with Crippen LogP contribution in [0.1, 0.15) is 65.2 Å². The largest absolute Gasteiger partial charge is 0.499 e. The standard InChI is InChI=1S/C16H35O7P/c1-3-5-6-7-8-9-10-13-21-23-24(17,18)22-14-11-12-20-16-15-19-4-2/h3-16H2,1-2H3,(H,17,18). The summed E-state index contributed by atoms with van der Waals surface area (Å²) < 4.78 is 31.1. The zero-order valence-corrected chi connectivity index (χ0v) is 16.1. The summed E-state index contributed by atoms with van der Waals surface area (Å²) >= 11 is 0. The molecule has 0 aliphatic heterocycles. The highest BCUT2D eigenvalue weighted by atomic mass is 31.2. The lowest BCUT2D eigenvalue weighted by molar-refractivity contribution is -0.225. The van der Waals surface area contributed by atoms with Crippen molar-refractivity contribution in [2.45, 2.75) is 65.2 Å². The summed E-state index contributed by atoms with van der Waals surface area (Å²) in [4.78, 5) is 14.2. The topological polar surface area (TPSA) is 83.5 Å². The van der Waals surface area contributed by atoms with Gasteiger partial charge in [0.2, 0.25) is 0 Å². The molecule has 0 aromatic carbocycles. The Balaban J connectivity index is 3.34. The molecule has 1 N–H and O–H groups in total. The van der Waals surface area contributed by atoms with Gasteiger partial charge in [0.25, 0.3) is 0 Å². The van der Waals surface area contributed by atoms with Gasteiger partial charge >= 0.3 is 7.82 Å². The van der Waals surface area contributed by atoms with Crippen LogP contribution in [0, 0.1) is 0 Å². The lowest BCUT2D eigenvalue weighted by Gasteiger charge is -2.11. The molecule has 1 atom stereocenters. The van der Waals surface area contributed by atoms with E-state index in [0.29, 0.717) is 39.5 Å². The molecule has 0 aromatic heterocycles. The molecule has 24 heavy (non-hydrogen) atoms. The second-order valence-corrected chi connectivity index (χ2v) is 6.83. The molecule has 0 rings (SSSR count). The number of unbranched alkanes of at least 4 members (excludes halogenated alkanes) is 6. The van der Waals surface area contributed by atoms with Crippen LogP contribution in [0.15, 0.2) is 0 Å². The van der Waals surface area contributed by atoms with E-state index in [1.165, 1.54) is 25.7 Å². The Morgan fingerprint density at radius 3 is 2.12 bits per heavy atom. The molecule has 7 nitrogen and oxygen atoms in total. The van der Waals surface area contributed by atoms with E-state index in [1.807, 2.05) is 6.92 Å². The molecule has 0 aliphatic rings. The fraction of sp³-hybridized carbons (Fsp3) is 1.00. The Morgan fingerprint density at radius 2 is 1.42 bits per heavy atom. The second kappa shape index (κ2) is 17.8. The summed E-state index contributed by atoms with van der Waals surface area (Å²) in [6.07, 6.45) is 8.50. The van der Waals surface area contributed by atoms with Crippen molar-refractivity contribution in [1.82, 2.24) is 0 Å². The highest BCUT2D eigenvalue weighted by Gasteiger charge is 2.22. The molecule has 0 radical (unpaired) electrons. The summed E-state index contributed by atoms with van der Waals surface area (Å²) in [6, 6.07) is 0. The van der Waals surface area contributed by atoms with Gasteiger partial charge in [-0.05, 0) is 19.8 Å². The molecule has 146 valence electrons. The van der Waals surface area contributed by atoms with Crippen molar-refractivity contribution in [2.24, 2.45) is 0 Å². The molecule has 0 aliphatic carbocycles. The maximum Gasteiger partial charge on any atom is 0.499 e. The number of hydrogen-bond donors (Lipinski definition) is 1. The molecule has 1 unspecified atom stereocenters. The van der Waals surface area contributed by atoms with E-state index >= 15 is 0 Å². The first kappa shape index (κ1) is 24.0. The molecular formula is C16H35O7P. The molecule has 0 spiro atoms. The maximum absolute atomic E-state index is 11.5. The predicted molar refractivity (Wildman–Crippen MR) is 92.7 cm³/mol. The van der Waals surface area contributed by atoms with Crippen LogP contribution in [0.5, 0.6) is 0 Å². The Bertz CT molecular complexity index is 302. The zero-order valence-electron chi connectivity index (χ0n) is 15.2. The minimum absolute atomic E-state index is 0.0726. The zero-order chi connectivity index (χ0) is 17.9. The molecule has 0 heterocycles. The van der Waals surface area contributed by atoms with Crippen molar-refractivity contribution in [3.8, 4) is 0 Å². The van der Waals surface area contributed by atoms with E-state index < -0.39 is 7.82 Å². The van der Waals surface area contributed by atoms with Gasteiger partial charge in [0.15, 0.2) is 0 Å². The molecule has 0 saturated carbocycles. The van der Waals surface area contributed by atoms with Crippen LogP contribution in [0.25, 0.3) is 0 Å². The van der Waals surface area contributed by atoms with Crippen molar-refractivity contribution >= 4 is 7.82 Å². The Hall–Kier alpha value is -0.0100. The first-order chi connectivity index (χ1) is 11.6. The quantitative estimate of drug-likeness (QED) is 0.157. The summed E-state index contributed by atoms with van der Waals surface area (Å²) in [5.41, 5.74) is 0. The van der Waals surface area contributed by atoms with Crippen molar-refractivity contribution < 1.29 is 33.0 Å². The molecule has 0 aromatic rings. The smallest absolute Gasteiger partial charge is 0.379 e. The Labute approximate surface area is 146 Å². The third-order valence-corrected chi connectivity index (χ3v) is 4.04. The molecule has 0 fully saturated rings. The number of hydrogen-bond acceptors (Lipinski definition) is 6. The molecular weight excluding hydrogens is 335 g/mol. The highest BCUT2D eigenvalue weighted by Crippen LogP contribution is 2.43. The molecule has 0 saturated heterocycles. The van der Waals surface area contributed by atoms with E-state index in [0.717, 1.165) is 19.3 Å². The first-order valence-corrected chi connectivity index (χ1v) is 10.6. The molecule has 8 heteroatoms. The second-order valence-electron chi connectivity index (χ2n) is 5.48. The van der Waals surface area contributed by atoms with E-state index in [2.05, 4.69) is 11.6 Å². The van der Waals surface area contributed by atoms with E-state index in [-0.39, 0.29) is 6.61 Å². The van der Waals surface area contributed by atoms with Crippen LogP contribution in [0.3, 0.4) is 0 Å². The summed E-state index contributed by atoms with van der Waals surface area (Å²) in [5, 5.41) is 0. The van der Waals surface area contributed by atoms with Gasteiger partial charge in [0.05, 0.1) is 26.4 Å². The summed E-state index contributed by atoms with van der Waals surface area (Å²) in [6.45, 7) is 6.63. The van der Waals surface area contributed by atoms with Gasteiger partial charge in [-0.1, -0.05) is 45.4 Å². The third-order valence-electron chi connectivity index (χ3n) is 3.24. The van der Waals surface area contributed by atoms with Crippen LogP contribution in [-0.2, 0) is 28.1 Å². The van der Waals surface area contributed by atoms with Crippen molar-refractivity contribution in [2.75, 3.05) is 39.6 Å². The van der Waals surface area contributed by atoms with E-state index in [9.17, 15) is 9.46 Å². The highest BCUT2D eigenvalue weighted by molar-refractivity contribution is 7.47. The minimum atomic E-state index is -4.13. The first-order valence-electron chi connectivity index (χ1n) is 9.06. The van der Waals surface area contributed by atoms with Crippen LogP contribution < -0.4 is 0 Å². The predicted octanol–water partition coefficient (Wildman–Crippen LogP) is 4.25. The van der Waals surface area contributed by atoms with Crippen LogP contribution in [0.4, 0.5) is 0 Å². The van der Waals surface area contributed by atoms with Gasteiger partial charge in [-0.3, -0.25) is 4.52 Å². The van der Waals surface area contributed by atoms with Crippen molar-refractivity contribution in [1.29, 1.82) is 0 Å². The van der Waals surface area contributed by atoms with Gasteiger partial charge < -0.3 is 14.4 Å².